The minimum Gasteiger partial charge on any atom is -0.497 e. The number of hydrogen-bond acceptors (Lipinski definition) is 5. The van der Waals surface area contributed by atoms with Crippen molar-refractivity contribution in [3.05, 3.63) is 23.8 Å². The molecular formula is C13H19NO5. The highest BCUT2D eigenvalue weighted by molar-refractivity contribution is 5.95. The van der Waals surface area contributed by atoms with Crippen LogP contribution in [0.3, 0.4) is 0 Å². The highest BCUT2D eigenvalue weighted by Crippen LogP contribution is 2.22. The van der Waals surface area contributed by atoms with Gasteiger partial charge in [0.15, 0.2) is 0 Å². The molecule has 106 valence electrons. The third kappa shape index (κ3) is 5.15. The van der Waals surface area contributed by atoms with Crippen LogP contribution in [0.2, 0.25) is 0 Å². The molecule has 0 fully saturated rings. The zero-order valence-electron chi connectivity index (χ0n) is 11.1. The first-order chi connectivity index (χ1) is 9.21. The van der Waals surface area contributed by atoms with Crippen molar-refractivity contribution >= 4 is 5.91 Å². The zero-order chi connectivity index (χ0) is 14.1. The Hall–Kier alpha value is -1.79. The van der Waals surface area contributed by atoms with Crippen LogP contribution in [0.15, 0.2) is 18.2 Å². The summed E-state index contributed by atoms with van der Waals surface area (Å²) in [5.41, 5.74) is 0.457. The molecule has 1 amide bonds. The van der Waals surface area contributed by atoms with Gasteiger partial charge in [0.05, 0.1) is 34.0 Å². The second kappa shape index (κ2) is 8.34. The molecule has 0 saturated carbocycles. The number of aliphatic hydroxyl groups excluding tert-OH is 1. The van der Waals surface area contributed by atoms with E-state index < -0.39 is 0 Å². The van der Waals surface area contributed by atoms with E-state index >= 15 is 0 Å². The lowest BCUT2D eigenvalue weighted by molar-refractivity contribution is 0.0837. The molecule has 0 aromatic heterocycles. The molecule has 0 atom stereocenters. The van der Waals surface area contributed by atoms with Crippen LogP contribution in [-0.4, -0.2) is 51.6 Å². The van der Waals surface area contributed by atoms with Crippen LogP contribution in [0.5, 0.6) is 11.5 Å². The summed E-state index contributed by atoms with van der Waals surface area (Å²) in [5.74, 6) is 0.881. The van der Waals surface area contributed by atoms with Crippen molar-refractivity contribution in [2.45, 2.75) is 0 Å². The van der Waals surface area contributed by atoms with Crippen LogP contribution in [0, 0.1) is 0 Å². The van der Waals surface area contributed by atoms with Gasteiger partial charge in [0, 0.05) is 18.2 Å². The zero-order valence-corrected chi connectivity index (χ0v) is 11.1. The number of methoxy groups -OCH3 is 2. The third-order valence-corrected chi connectivity index (χ3v) is 2.38. The molecule has 0 aliphatic carbocycles. The standard InChI is InChI=1S/C13H19NO5/c1-17-11-7-10(8-12(9-11)18-2)13(16)14-3-5-19-6-4-15/h7-9,15H,3-6H2,1-2H3,(H,14,16). The first kappa shape index (κ1) is 15.3. The second-order valence-corrected chi connectivity index (χ2v) is 3.69. The Morgan fingerprint density at radius 1 is 1.16 bits per heavy atom. The van der Waals surface area contributed by atoms with Crippen molar-refractivity contribution in [2.24, 2.45) is 0 Å². The van der Waals surface area contributed by atoms with Gasteiger partial charge in [-0.2, -0.15) is 0 Å². The molecule has 2 N–H and O–H groups in total. The summed E-state index contributed by atoms with van der Waals surface area (Å²) in [6, 6.07) is 4.96. The monoisotopic (exact) mass is 269 g/mol. The predicted octanol–water partition coefficient (Wildman–Crippen LogP) is 0.442. The van der Waals surface area contributed by atoms with Gasteiger partial charge < -0.3 is 24.6 Å². The summed E-state index contributed by atoms with van der Waals surface area (Å²) >= 11 is 0. The highest BCUT2D eigenvalue weighted by atomic mass is 16.5. The van der Waals surface area contributed by atoms with E-state index in [4.69, 9.17) is 19.3 Å². The minimum atomic E-state index is -0.232. The van der Waals surface area contributed by atoms with Crippen LogP contribution >= 0.6 is 0 Å². The summed E-state index contributed by atoms with van der Waals surface area (Å²) < 4.78 is 15.2. The molecule has 1 aromatic carbocycles. The number of carbonyl (C=O) groups excluding carboxylic acids is 1. The van der Waals surface area contributed by atoms with Gasteiger partial charge >= 0.3 is 0 Å². The summed E-state index contributed by atoms with van der Waals surface area (Å²) in [6.07, 6.45) is 0. The van der Waals surface area contributed by atoms with Crippen LogP contribution < -0.4 is 14.8 Å². The van der Waals surface area contributed by atoms with Gasteiger partial charge in [-0.05, 0) is 12.1 Å². The van der Waals surface area contributed by atoms with E-state index in [2.05, 4.69) is 5.32 Å². The summed E-state index contributed by atoms with van der Waals surface area (Å²) in [6.45, 7) is 0.968. The van der Waals surface area contributed by atoms with Gasteiger partial charge in [-0.1, -0.05) is 0 Å². The van der Waals surface area contributed by atoms with E-state index in [0.717, 1.165) is 0 Å². The van der Waals surface area contributed by atoms with Crippen LogP contribution in [0.25, 0.3) is 0 Å². The summed E-state index contributed by atoms with van der Waals surface area (Å²) in [4.78, 5) is 11.9. The molecule has 0 saturated heterocycles. The summed E-state index contributed by atoms with van der Waals surface area (Å²) in [7, 11) is 3.05. The Morgan fingerprint density at radius 2 is 1.79 bits per heavy atom. The fourth-order valence-corrected chi connectivity index (χ4v) is 1.44. The van der Waals surface area contributed by atoms with Crippen molar-refractivity contribution in [2.75, 3.05) is 40.6 Å². The van der Waals surface area contributed by atoms with E-state index in [1.165, 1.54) is 14.2 Å². The topological polar surface area (TPSA) is 77.0 Å². The van der Waals surface area contributed by atoms with E-state index in [-0.39, 0.29) is 19.1 Å². The van der Waals surface area contributed by atoms with E-state index in [1.54, 1.807) is 18.2 Å². The number of nitrogens with one attached hydrogen (secondary N) is 1. The number of carbonyl (C=O) groups is 1. The molecule has 0 aliphatic heterocycles. The lowest BCUT2D eigenvalue weighted by Crippen LogP contribution is -2.27. The first-order valence-corrected chi connectivity index (χ1v) is 5.91. The molecule has 1 aromatic rings. The van der Waals surface area contributed by atoms with Crippen LogP contribution in [0.4, 0.5) is 0 Å². The molecule has 1 rings (SSSR count). The second-order valence-electron chi connectivity index (χ2n) is 3.69. The number of benzene rings is 1. The smallest absolute Gasteiger partial charge is 0.251 e. The number of amides is 1. The molecule has 6 heteroatoms. The van der Waals surface area contributed by atoms with Gasteiger partial charge in [-0.25, -0.2) is 0 Å². The lowest BCUT2D eigenvalue weighted by Gasteiger charge is -2.09. The Bertz CT molecular complexity index is 386. The minimum absolute atomic E-state index is 0.0268. The largest absolute Gasteiger partial charge is 0.497 e. The maximum atomic E-state index is 11.9. The molecule has 6 nitrogen and oxygen atoms in total. The molecule has 0 aliphatic rings. The van der Waals surface area contributed by atoms with Crippen molar-refractivity contribution in [3.8, 4) is 11.5 Å². The van der Waals surface area contributed by atoms with E-state index in [9.17, 15) is 4.79 Å². The third-order valence-electron chi connectivity index (χ3n) is 2.38. The van der Waals surface area contributed by atoms with Crippen molar-refractivity contribution in [3.63, 3.8) is 0 Å². The van der Waals surface area contributed by atoms with E-state index in [1.807, 2.05) is 0 Å². The molecule has 0 spiro atoms. The number of hydrogen-bond donors (Lipinski definition) is 2. The molecule has 19 heavy (non-hydrogen) atoms. The lowest BCUT2D eigenvalue weighted by atomic mass is 10.2. The van der Waals surface area contributed by atoms with E-state index in [0.29, 0.717) is 30.2 Å². The SMILES string of the molecule is COc1cc(OC)cc(C(=O)NCCOCCO)c1. The maximum absolute atomic E-state index is 11.9. The first-order valence-electron chi connectivity index (χ1n) is 5.91. The van der Waals surface area contributed by atoms with Gasteiger partial charge in [0.1, 0.15) is 11.5 Å². The van der Waals surface area contributed by atoms with Gasteiger partial charge in [-0.3, -0.25) is 4.79 Å². The van der Waals surface area contributed by atoms with Gasteiger partial charge in [-0.15, -0.1) is 0 Å². The Labute approximate surface area is 112 Å². The fraction of sp³-hybridized carbons (Fsp3) is 0.462. The maximum Gasteiger partial charge on any atom is 0.251 e. The molecule has 0 unspecified atom stereocenters. The van der Waals surface area contributed by atoms with Crippen molar-refractivity contribution in [1.82, 2.24) is 5.32 Å². The number of ether oxygens (including phenoxy) is 3. The summed E-state index contributed by atoms with van der Waals surface area (Å²) in [5, 5.41) is 11.2. The van der Waals surface area contributed by atoms with Crippen molar-refractivity contribution < 1.29 is 24.1 Å². The molecule has 0 bridgehead atoms. The van der Waals surface area contributed by atoms with Crippen molar-refractivity contribution in [1.29, 1.82) is 0 Å². The number of rotatable bonds is 8. The van der Waals surface area contributed by atoms with Crippen LogP contribution in [0.1, 0.15) is 10.4 Å². The van der Waals surface area contributed by atoms with Crippen LogP contribution in [-0.2, 0) is 4.74 Å². The quantitative estimate of drug-likeness (QED) is 0.670. The highest BCUT2D eigenvalue weighted by Gasteiger charge is 2.09. The molecule has 0 heterocycles. The Kier molecular flexibility index (Phi) is 6.70. The Balaban J connectivity index is 2.55. The van der Waals surface area contributed by atoms with Gasteiger partial charge in [0.2, 0.25) is 0 Å². The fourth-order valence-electron chi connectivity index (χ4n) is 1.44. The normalized spacial score (nSPS) is 10.1. The molecule has 0 radical (unpaired) electrons. The number of aliphatic hydroxyl groups is 1. The average molecular weight is 269 g/mol. The average Bonchev–Trinajstić information content (AvgIpc) is 2.46. The predicted molar refractivity (Wildman–Crippen MR) is 69.8 cm³/mol. The van der Waals surface area contributed by atoms with Gasteiger partial charge in [0.25, 0.3) is 5.91 Å². The molecular weight excluding hydrogens is 250 g/mol. The Morgan fingerprint density at radius 3 is 2.32 bits per heavy atom.